The van der Waals surface area contributed by atoms with E-state index in [2.05, 4.69) is 18.7 Å². The van der Waals surface area contributed by atoms with Gasteiger partial charge in [0.25, 0.3) is 5.88 Å². The Hall–Kier alpha value is -1.29. The van der Waals surface area contributed by atoms with E-state index >= 15 is 0 Å². The fourth-order valence-corrected chi connectivity index (χ4v) is 1.12. The Morgan fingerprint density at radius 3 is 3.07 bits per heavy atom. The molecule has 1 atom stereocenters. The zero-order chi connectivity index (χ0) is 11.1. The van der Waals surface area contributed by atoms with E-state index in [1.165, 1.54) is 0 Å². The van der Waals surface area contributed by atoms with Crippen molar-refractivity contribution in [3.63, 3.8) is 0 Å². The molecule has 4 nitrogen and oxygen atoms in total. The second-order valence-corrected chi connectivity index (χ2v) is 3.16. The molecule has 0 saturated carbocycles. The second kappa shape index (κ2) is 6.24. The lowest BCUT2D eigenvalue weighted by atomic mass is 10.3. The Bertz CT molecular complexity index is 296. The molecule has 0 spiro atoms. The summed E-state index contributed by atoms with van der Waals surface area (Å²) in [6.07, 6.45) is 3.49. The minimum Gasteiger partial charge on any atom is -0.476 e. The molecule has 1 heterocycles. The molecule has 0 saturated heterocycles. The first-order valence-corrected chi connectivity index (χ1v) is 5.06. The molecule has 0 radical (unpaired) electrons. The third-order valence-electron chi connectivity index (χ3n) is 2.00. The van der Waals surface area contributed by atoms with Gasteiger partial charge in [0.15, 0.2) is 5.76 Å². The number of aromatic nitrogens is 1. The Morgan fingerprint density at radius 2 is 2.47 bits per heavy atom. The van der Waals surface area contributed by atoms with E-state index in [9.17, 15) is 0 Å². The van der Waals surface area contributed by atoms with E-state index in [0.717, 1.165) is 12.8 Å². The molecule has 0 N–H and O–H groups in total. The molecule has 0 unspecified atom stereocenters. The standard InChI is InChI=1S/C11H17NO3/c1-4-6-7-14-11-8-10(15-12-11)9(5-2)13-3/h5,8-9H,2,4,6-7H2,1,3H3/t9-/m0/s1. The summed E-state index contributed by atoms with van der Waals surface area (Å²) in [5.41, 5.74) is 0. The van der Waals surface area contributed by atoms with Crippen LogP contribution in [-0.2, 0) is 4.74 Å². The van der Waals surface area contributed by atoms with E-state index in [4.69, 9.17) is 14.0 Å². The molecule has 0 fully saturated rings. The van der Waals surface area contributed by atoms with Crippen LogP contribution in [0.4, 0.5) is 0 Å². The smallest absolute Gasteiger partial charge is 0.254 e. The van der Waals surface area contributed by atoms with Crippen molar-refractivity contribution in [1.29, 1.82) is 0 Å². The summed E-state index contributed by atoms with van der Waals surface area (Å²) in [4.78, 5) is 0. The van der Waals surface area contributed by atoms with Gasteiger partial charge >= 0.3 is 0 Å². The summed E-state index contributed by atoms with van der Waals surface area (Å²) in [6.45, 7) is 6.41. The number of unbranched alkanes of at least 4 members (excludes halogenated alkanes) is 1. The Balaban J connectivity index is 2.51. The van der Waals surface area contributed by atoms with Gasteiger partial charge in [0.1, 0.15) is 6.10 Å². The van der Waals surface area contributed by atoms with Crippen LogP contribution >= 0.6 is 0 Å². The summed E-state index contributed by atoms with van der Waals surface area (Å²) in [5, 5.41) is 3.78. The lowest BCUT2D eigenvalue weighted by molar-refractivity contribution is 0.115. The number of hydrogen-bond donors (Lipinski definition) is 0. The molecule has 1 aromatic heterocycles. The topological polar surface area (TPSA) is 44.5 Å². The average molecular weight is 211 g/mol. The van der Waals surface area contributed by atoms with Crippen LogP contribution in [0.3, 0.4) is 0 Å². The molecule has 0 aromatic carbocycles. The van der Waals surface area contributed by atoms with Crippen LogP contribution in [0.5, 0.6) is 5.88 Å². The molecule has 15 heavy (non-hydrogen) atoms. The zero-order valence-corrected chi connectivity index (χ0v) is 9.23. The third-order valence-corrected chi connectivity index (χ3v) is 2.00. The summed E-state index contributed by atoms with van der Waals surface area (Å²) >= 11 is 0. The molecule has 0 aliphatic heterocycles. The van der Waals surface area contributed by atoms with Crippen molar-refractivity contribution in [2.24, 2.45) is 0 Å². The maximum Gasteiger partial charge on any atom is 0.254 e. The SMILES string of the molecule is C=C[C@H](OC)c1cc(OCCCC)no1. The quantitative estimate of drug-likeness (QED) is 0.514. The summed E-state index contributed by atoms with van der Waals surface area (Å²) < 4.78 is 15.6. The van der Waals surface area contributed by atoms with Gasteiger partial charge in [-0.25, -0.2) is 0 Å². The predicted molar refractivity (Wildman–Crippen MR) is 56.9 cm³/mol. The lowest BCUT2D eigenvalue weighted by Crippen LogP contribution is -1.96. The van der Waals surface area contributed by atoms with Gasteiger partial charge in [0.05, 0.1) is 6.61 Å². The molecular weight excluding hydrogens is 194 g/mol. The van der Waals surface area contributed by atoms with Crippen LogP contribution in [0.1, 0.15) is 31.6 Å². The van der Waals surface area contributed by atoms with Crippen LogP contribution < -0.4 is 4.74 Å². The summed E-state index contributed by atoms with van der Waals surface area (Å²) in [5.74, 6) is 1.11. The van der Waals surface area contributed by atoms with Gasteiger partial charge in [0.2, 0.25) is 0 Å². The summed E-state index contributed by atoms with van der Waals surface area (Å²) in [7, 11) is 1.59. The van der Waals surface area contributed by atoms with Gasteiger partial charge in [-0.15, -0.1) is 6.58 Å². The van der Waals surface area contributed by atoms with E-state index in [1.54, 1.807) is 19.3 Å². The largest absolute Gasteiger partial charge is 0.476 e. The minimum atomic E-state index is -0.263. The number of ether oxygens (including phenoxy) is 2. The van der Waals surface area contributed by atoms with Gasteiger partial charge in [-0.1, -0.05) is 19.4 Å². The maximum atomic E-state index is 5.37. The molecule has 0 aliphatic rings. The third kappa shape index (κ3) is 3.40. The highest BCUT2D eigenvalue weighted by molar-refractivity contribution is 5.15. The van der Waals surface area contributed by atoms with Gasteiger partial charge in [-0.3, -0.25) is 0 Å². The van der Waals surface area contributed by atoms with Crippen LogP contribution in [0.2, 0.25) is 0 Å². The van der Waals surface area contributed by atoms with Crippen molar-refractivity contribution in [1.82, 2.24) is 5.16 Å². The van der Waals surface area contributed by atoms with Gasteiger partial charge in [-0.2, -0.15) is 0 Å². The van der Waals surface area contributed by atoms with Crippen molar-refractivity contribution in [3.05, 3.63) is 24.5 Å². The fourth-order valence-electron chi connectivity index (χ4n) is 1.12. The van der Waals surface area contributed by atoms with Gasteiger partial charge in [-0.05, 0) is 11.6 Å². The maximum absolute atomic E-state index is 5.37. The number of rotatable bonds is 7. The predicted octanol–water partition coefficient (Wildman–Crippen LogP) is 2.73. The number of methoxy groups -OCH3 is 1. The molecular formula is C11H17NO3. The van der Waals surface area contributed by atoms with Crippen molar-refractivity contribution in [3.8, 4) is 5.88 Å². The highest BCUT2D eigenvalue weighted by atomic mass is 16.5. The monoisotopic (exact) mass is 211 g/mol. The van der Waals surface area contributed by atoms with Crippen molar-refractivity contribution in [2.45, 2.75) is 25.9 Å². The first-order chi connectivity index (χ1) is 7.31. The molecule has 0 bridgehead atoms. The van der Waals surface area contributed by atoms with Crippen molar-refractivity contribution in [2.75, 3.05) is 13.7 Å². The van der Waals surface area contributed by atoms with E-state index in [1.807, 2.05) is 0 Å². The summed E-state index contributed by atoms with van der Waals surface area (Å²) in [6, 6.07) is 1.73. The first-order valence-electron chi connectivity index (χ1n) is 5.06. The van der Waals surface area contributed by atoms with Crippen LogP contribution in [0.15, 0.2) is 23.2 Å². The van der Waals surface area contributed by atoms with Crippen LogP contribution in [0.25, 0.3) is 0 Å². The molecule has 4 heteroatoms. The van der Waals surface area contributed by atoms with Crippen molar-refractivity contribution >= 4 is 0 Å². The highest BCUT2D eigenvalue weighted by Gasteiger charge is 2.13. The van der Waals surface area contributed by atoms with Gasteiger partial charge < -0.3 is 14.0 Å². The van der Waals surface area contributed by atoms with E-state index < -0.39 is 0 Å². The second-order valence-electron chi connectivity index (χ2n) is 3.16. The Labute approximate surface area is 89.9 Å². The fraction of sp³-hybridized carbons (Fsp3) is 0.545. The lowest BCUT2D eigenvalue weighted by Gasteiger charge is -2.03. The Kier molecular flexibility index (Phi) is 4.90. The molecule has 0 aliphatic carbocycles. The minimum absolute atomic E-state index is 0.263. The average Bonchev–Trinajstić information content (AvgIpc) is 2.69. The zero-order valence-electron chi connectivity index (χ0n) is 9.23. The normalized spacial score (nSPS) is 12.4. The van der Waals surface area contributed by atoms with Gasteiger partial charge in [0, 0.05) is 13.2 Å². The van der Waals surface area contributed by atoms with Crippen LogP contribution in [0, 0.1) is 0 Å². The van der Waals surface area contributed by atoms with E-state index in [0.29, 0.717) is 18.2 Å². The van der Waals surface area contributed by atoms with Crippen LogP contribution in [-0.4, -0.2) is 18.9 Å². The molecule has 84 valence electrons. The van der Waals surface area contributed by atoms with E-state index in [-0.39, 0.29) is 6.10 Å². The molecule has 1 rings (SSSR count). The number of nitrogens with zero attached hydrogens (tertiary/aromatic N) is 1. The first kappa shape index (κ1) is 11.8. The number of hydrogen-bond acceptors (Lipinski definition) is 4. The molecule has 1 aromatic rings. The van der Waals surface area contributed by atoms with Crippen molar-refractivity contribution < 1.29 is 14.0 Å². The highest BCUT2D eigenvalue weighted by Crippen LogP contribution is 2.21. The molecule has 0 amide bonds. The Morgan fingerprint density at radius 1 is 1.67 bits per heavy atom.